The molecule has 0 radical (unpaired) electrons. The Morgan fingerprint density at radius 3 is 2.17 bits per heavy atom. The molecule has 2 aliphatic carbocycles. The van der Waals surface area contributed by atoms with Gasteiger partial charge in [-0.2, -0.15) is 0 Å². The van der Waals surface area contributed by atoms with Gasteiger partial charge in [-0.3, -0.25) is 0 Å². The Labute approximate surface area is 115 Å². The quantitative estimate of drug-likeness (QED) is 0.750. The molecule has 3 heteroatoms. The summed E-state index contributed by atoms with van der Waals surface area (Å²) in [6.07, 6.45) is 17.0. The van der Waals surface area contributed by atoms with Gasteiger partial charge in [0, 0.05) is 6.10 Å². The third-order valence-corrected chi connectivity index (χ3v) is 5.63. The molecule has 106 valence electrons. The second-order valence-corrected chi connectivity index (χ2v) is 6.91. The van der Waals surface area contributed by atoms with Gasteiger partial charge in [-0.25, -0.2) is 0 Å². The van der Waals surface area contributed by atoms with Crippen LogP contribution in [0.1, 0.15) is 77.0 Å². The zero-order chi connectivity index (χ0) is 12.6. The van der Waals surface area contributed by atoms with Crippen LogP contribution in [0.15, 0.2) is 0 Å². The molecule has 1 N–H and O–H groups in total. The lowest BCUT2D eigenvalue weighted by Crippen LogP contribution is -2.28. The van der Waals surface area contributed by atoms with E-state index in [1.54, 1.807) is 0 Å². The molecule has 2 saturated carbocycles. The van der Waals surface area contributed by atoms with Gasteiger partial charge < -0.3 is 9.22 Å². The van der Waals surface area contributed by atoms with Gasteiger partial charge in [0.2, 0.25) is 0 Å². The molecule has 0 aliphatic heterocycles. The van der Waals surface area contributed by atoms with Crippen LogP contribution >= 0.6 is 0 Å². The molecule has 0 amide bonds. The molecular formula is C15H30O2Si. The lowest BCUT2D eigenvalue weighted by atomic mass is 9.80. The zero-order valence-corrected chi connectivity index (χ0v) is 13.2. The highest BCUT2D eigenvalue weighted by Crippen LogP contribution is 2.33. The average Bonchev–Trinajstić information content (AvgIpc) is 2.45. The zero-order valence-electron chi connectivity index (χ0n) is 11.8. The van der Waals surface area contributed by atoms with Gasteiger partial charge >= 0.3 is 10.0 Å². The van der Waals surface area contributed by atoms with E-state index in [0.29, 0.717) is 6.10 Å². The van der Waals surface area contributed by atoms with Crippen LogP contribution in [0.5, 0.6) is 0 Å². The van der Waals surface area contributed by atoms with Crippen molar-refractivity contribution in [3.05, 3.63) is 0 Å². The fourth-order valence-corrected chi connectivity index (χ4v) is 4.56. The van der Waals surface area contributed by atoms with Crippen LogP contribution in [0, 0.1) is 11.8 Å². The largest absolute Gasteiger partial charge is 0.415 e. The van der Waals surface area contributed by atoms with Crippen molar-refractivity contribution in [3.8, 4) is 0 Å². The molecule has 0 saturated heterocycles. The Morgan fingerprint density at radius 1 is 0.944 bits per heavy atom. The highest BCUT2D eigenvalue weighted by atomic mass is 28.2. The summed E-state index contributed by atoms with van der Waals surface area (Å²) in [4.78, 5) is 9.22. The predicted octanol–water partition coefficient (Wildman–Crippen LogP) is 3.30. The Hall–Kier alpha value is 0.137. The molecule has 2 rings (SSSR count). The van der Waals surface area contributed by atoms with Gasteiger partial charge in [-0.15, -0.1) is 0 Å². The van der Waals surface area contributed by atoms with Crippen LogP contribution in [-0.4, -0.2) is 20.9 Å². The first-order valence-corrected chi connectivity index (χ1v) is 9.33. The molecule has 0 aromatic rings. The number of rotatable bonds is 6. The van der Waals surface area contributed by atoms with Crippen LogP contribution in [0.4, 0.5) is 0 Å². The highest BCUT2D eigenvalue weighted by molar-refractivity contribution is 6.15. The summed E-state index contributed by atoms with van der Waals surface area (Å²) in [6, 6.07) is 0. The molecule has 0 bridgehead atoms. The van der Waals surface area contributed by atoms with Crippen LogP contribution in [0.2, 0.25) is 0 Å². The maximum Gasteiger partial charge on any atom is 0.302 e. The normalized spacial score (nSPS) is 25.8. The van der Waals surface area contributed by atoms with E-state index in [0.717, 1.165) is 11.8 Å². The van der Waals surface area contributed by atoms with E-state index in [4.69, 9.17) is 4.43 Å². The predicted molar refractivity (Wildman–Crippen MR) is 78.0 cm³/mol. The van der Waals surface area contributed by atoms with Crippen molar-refractivity contribution in [1.82, 2.24) is 0 Å². The molecule has 0 aromatic heterocycles. The summed E-state index contributed by atoms with van der Waals surface area (Å²) in [6.45, 7) is 0. The minimum Gasteiger partial charge on any atom is -0.415 e. The molecule has 0 heterocycles. The van der Waals surface area contributed by atoms with E-state index >= 15 is 0 Å². The smallest absolute Gasteiger partial charge is 0.302 e. The van der Waals surface area contributed by atoms with Crippen molar-refractivity contribution in [2.24, 2.45) is 11.8 Å². The third-order valence-electron chi connectivity index (χ3n) is 5.05. The van der Waals surface area contributed by atoms with Gasteiger partial charge in [0.1, 0.15) is 0 Å². The Morgan fingerprint density at radius 2 is 1.56 bits per heavy atom. The number of hydrogen-bond donors (Lipinski definition) is 1. The summed E-state index contributed by atoms with van der Waals surface area (Å²) in [5.41, 5.74) is 0. The summed E-state index contributed by atoms with van der Waals surface area (Å²) in [5.74, 6) is 1.70. The van der Waals surface area contributed by atoms with Crippen molar-refractivity contribution in [2.45, 2.75) is 83.2 Å². The molecule has 0 aromatic carbocycles. The van der Waals surface area contributed by atoms with E-state index in [9.17, 15) is 4.80 Å². The van der Waals surface area contributed by atoms with Crippen molar-refractivity contribution in [2.75, 3.05) is 0 Å². The first-order valence-electron chi connectivity index (χ1n) is 8.12. The molecule has 2 aliphatic rings. The SMILES string of the molecule is O[SiH2]OC(CCC1CCCCC1)C1CCCCC1. The van der Waals surface area contributed by atoms with Crippen molar-refractivity contribution >= 4 is 10.0 Å². The van der Waals surface area contributed by atoms with Gasteiger partial charge in [0.25, 0.3) is 0 Å². The maximum atomic E-state index is 9.22. The fraction of sp³-hybridized carbons (Fsp3) is 1.00. The average molecular weight is 270 g/mol. The lowest BCUT2D eigenvalue weighted by Gasteiger charge is -2.31. The highest BCUT2D eigenvalue weighted by Gasteiger charge is 2.25. The molecule has 1 unspecified atom stereocenters. The van der Waals surface area contributed by atoms with Crippen LogP contribution in [-0.2, 0) is 4.43 Å². The first-order chi connectivity index (χ1) is 8.90. The van der Waals surface area contributed by atoms with E-state index in [1.165, 1.54) is 77.0 Å². The molecule has 2 nitrogen and oxygen atoms in total. The summed E-state index contributed by atoms with van der Waals surface area (Å²) < 4.78 is 5.77. The lowest BCUT2D eigenvalue weighted by molar-refractivity contribution is 0.0808. The topological polar surface area (TPSA) is 29.5 Å². The van der Waals surface area contributed by atoms with E-state index in [1.807, 2.05) is 0 Å². The van der Waals surface area contributed by atoms with E-state index in [-0.39, 0.29) is 0 Å². The monoisotopic (exact) mass is 270 g/mol. The molecular weight excluding hydrogens is 240 g/mol. The van der Waals surface area contributed by atoms with Crippen LogP contribution in [0.3, 0.4) is 0 Å². The fourth-order valence-electron chi connectivity index (χ4n) is 3.93. The van der Waals surface area contributed by atoms with Gasteiger partial charge in [0.15, 0.2) is 0 Å². The van der Waals surface area contributed by atoms with Gasteiger partial charge in [-0.1, -0.05) is 51.4 Å². The number of hydrogen-bond acceptors (Lipinski definition) is 2. The van der Waals surface area contributed by atoms with E-state index < -0.39 is 10.0 Å². The Bertz CT molecular complexity index is 211. The first kappa shape index (κ1) is 14.5. The minimum absolute atomic E-state index is 0.392. The van der Waals surface area contributed by atoms with Gasteiger partial charge in [-0.05, 0) is 37.5 Å². The molecule has 2 fully saturated rings. The van der Waals surface area contributed by atoms with Crippen molar-refractivity contribution in [3.63, 3.8) is 0 Å². The summed E-state index contributed by atoms with van der Waals surface area (Å²) in [7, 11) is -1.23. The van der Waals surface area contributed by atoms with Gasteiger partial charge in [0.05, 0.1) is 0 Å². The van der Waals surface area contributed by atoms with Crippen molar-refractivity contribution in [1.29, 1.82) is 0 Å². The van der Waals surface area contributed by atoms with Crippen LogP contribution < -0.4 is 0 Å². The second-order valence-electron chi connectivity index (χ2n) is 6.31. The summed E-state index contributed by atoms with van der Waals surface area (Å²) in [5, 5.41) is 0. The van der Waals surface area contributed by atoms with E-state index in [2.05, 4.69) is 0 Å². The maximum absolute atomic E-state index is 9.22. The van der Waals surface area contributed by atoms with Crippen molar-refractivity contribution < 1.29 is 9.22 Å². The standard InChI is InChI=1S/C15H30O2Si/c16-18-17-15(14-9-5-2-6-10-14)12-11-13-7-3-1-4-8-13/h13-16H,1-12,18H2. The minimum atomic E-state index is -1.23. The Kier molecular flexibility index (Phi) is 6.74. The molecule has 0 spiro atoms. The molecule has 18 heavy (non-hydrogen) atoms. The Balaban J connectivity index is 1.73. The summed E-state index contributed by atoms with van der Waals surface area (Å²) >= 11 is 0. The molecule has 1 atom stereocenters. The second kappa shape index (κ2) is 8.34. The van der Waals surface area contributed by atoms with Crippen LogP contribution in [0.25, 0.3) is 0 Å². The third kappa shape index (κ3) is 4.67.